The average molecular weight is 162 g/mol. The minimum Gasteiger partial charge on any atom is -0.384 e. The van der Waals surface area contributed by atoms with Crippen LogP contribution in [0.4, 0.5) is 11.4 Å². The molecule has 1 heterocycles. The molecule has 2 heteroatoms. The van der Waals surface area contributed by atoms with E-state index in [-0.39, 0.29) is 0 Å². The second-order valence-corrected chi connectivity index (χ2v) is 3.41. The molecule has 2 rings (SSSR count). The third-order valence-electron chi connectivity index (χ3n) is 2.32. The Morgan fingerprint density at radius 3 is 2.92 bits per heavy atom. The molecule has 1 aliphatic heterocycles. The van der Waals surface area contributed by atoms with E-state index in [1.807, 2.05) is 0 Å². The Kier molecular flexibility index (Phi) is 1.68. The minimum absolute atomic E-state index is 1.09. The number of hydrogen-bond acceptors (Lipinski definition) is 2. The summed E-state index contributed by atoms with van der Waals surface area (Å²) in [5, 5.41) is 3.35. The summed E-state index contributed by atoms with van der Waals surface area (Å²) in [7, 11) is 4.15. The molecule has 0 fully saturated rings. The largest absolute Gasteiger partial charge is 0.384 e. The molecular formula is C10H14N2. The van der Waals surface area contributed by atoms with Gasteiger partial charge in [-0.2, -0.15) is 0 Å². The highest BCUT2D eigenvalue weighted by molar-refractivity contribution is 5.62. The van der Waals surface area contributed by atoms with Crippen molar-refractivity contribution in [1.29, 1.82) is 0 Å². The molecule has 0 saturated heterocycles. The molecule has 12 heavy (non-hydrogen) atoms. The third-order valence-corrected chi connectivity index (χ3v) is 2.32. The highest BCUT2D eigenvalue weighted by Gasteiger charge is 2.09. The lowest BCUT2D eigenvalue weighted by Gasteiger charge is -2.13. The van der Waals surface area contributed by atoms with Gasteiger partial charge < -0.3 is 10.2 Å². The molecule has 64 valence electrons. The van der Waals surface area contributed by atoms with Crippen LogP contribution in [0.2, 0.25) is 0 Å². The van der Waals surface area contributed by atoms with Crippen molar-refractivity contribution in [2.75, 3.05) is 30.9 Å². The molecule has 0 unspecified atom stereocenters. The van der Waals surface area contributed by atoms with Crippen molar-refractivity contribution in [1.82, 2.24) is 0 Å². The molecule has 0 aliphatic carbocycles. The van der Waals surface area contributed by atoms with Crippen molar-refractivity contribution >= 4 is 11.4 Å². The highest BCUT2D eigenvalue weighted by Crippen LogP contribution is 2.26. The summed E-state index contributed by atoms with van der Waals surface area (Å²) in [4.78, 5) is 2.14. The molecule has 0 amide bonds. The van der Waals surface area contributed by atoms with E-state index in [4.69, 9.17) is 0 Å². The van der Waals surface area contributed by atoms with Gasteiger partial charge in [0, 0.05) is 32.0 Å². The molecule has 1 aromatic carbocycles. The molecule has 0 radical (unpaired) electrons. The number of nitrogens with one attached hydrogen (secondary N) is 1. The van der Waals surface area contributed by atoms with E-state index in [2.05, 4.69) is 42.5 Å². The molecule has 1 aromatic rings. The van der Waals surface area contributed by atoms with Crippen molar-refractivity contribution in [2.24, 2.45) is 0 Å². The quantitative estimate of drug-likeness (QED) is 0.676. The maximum absolute atomic E-state index is 3.35. The van der Waals surface area contributed by atoms with Crippen LogP contribution in [0.1, 0.15) is 5.56 Å². The van der Waals surface area contributed by atoms with Crippen LogP contribution in [0.3, 0.4) is 0 Å². The van der Waals surface area contributed by atoms with E-state index in [0.29, 0.717) is 0 Å². The monoisotopic (exact) mass is 162 g/mol. The van der Waals surface area contributed by atoms with Crippen LogP contribution in [0.5, 0.6) is 0 Å². The van der Waals surface area contributed by atoms with Gasteiger partial charge in [-0.15, -0.1) is 0 Å². The van der Waals surface area contributed by atoms with E-state index in [9.17, 15) is 0 Å². The van der Waals surface area contributed by atoms with Crippen LogP contribution in [-0.2, 0) is 6.42 Å². The van der Waals surface area contributed by atoms with Gasteiger partial charge in [-0.3, -0.25) is 0 Å². The topological polar surface area (TPSA) is 15.3 Å². The van der Waals surface area contributed by atoms with Gasteiger partial charge in [0.15, 0.2) is 0 Å². The second-order valence-electron chi connectivity index (χ2n) is 3.41. The first-order valence-corrected chi connectivity index (χ1v) is 4.31. The molecule has 0 atom stereocenters. The van der Waals surface area contributed by atoms with Gasteiger partial charge in [-0.1, -0.05) is 0 Å². The first kappa shape index (κ1) is 7.47. The third kappa shape index (κ3) is 1.13. The standard InChI is InChI=1S/C10H14N2/c1-12(2)9-3-4-10-8(7-9)5-6-11-10/h3-4,7,11H,5-6H2,1-2H3. The lowest BCUT2D eigenvalue weighted by molar-refractivity contribution is 1.09. The first-order chi connectivity index (χ1) is 5.77. The summed E-state index contributed by atoms with van der Waals surface area (Å²) in [6, 6.07) is 6.57. The SMILES string of the molecule is CN(C)c1ccc2c(c1)CCN2. The maximum atomic E-state index is 3.35. The number of hydrogen-bond donors (Lipinski definition) is 1. The van der Waals surface area contributed by atoms with Gasteiger partial charge >= 0.3 is 0 Å². The van der Waals surface area contributed by atoms with Gasteiger partial charge in [0.2, 0.25) is 0 Å². The fourth-order valence-corrected chi connectivity index (χ4v) is 1.57. The summed E-state index contributed by atoms with van der Waals surface area (Å²) in [5.74, 6) is 0. The van der Waals surface area contributed by atoms with Crippen molar-refractivity contribution in [3.05, 3.63) is 23.8 Å². The zero-order valence-electron chi connectivity index (χ0n) is 7.59. The van der Waals surface area contributed by atoms with Crippen LogP contribution in [-0.4, -0.2) is 20.6 Å². The predicted octanol–water partition coefficient (Wildman–Crippen LogP) is 1.72. The summed E-state index contributed by atoms with van der Waals surface area (Å²) in [6.45, 7) is 1.09. The Morgan fingerprint density at radius 1 is 1.33 bits per heavy atom. The van der Waals surface area contributed by atoms with Crippen molar-refractivity contribution in [3.63, 3.8) is 0 Å². The number of anilines is 2. The number of rotatable bonds is 1. The molecule has 0 bridgehead atoms. The van der Waals surface area contributed by atoms with E-state index in [1.54, 1.807) is 0 Å². The summed E-state index contributed by atoms with van der Waals surface area (Å²) < 4.78 is 0. The summed E-state index contributed by atoms with van der Waals surface area (Å²) in [5.41, 5.74) is 4.04. The Hall–Kier alpha value is -1.18. The zero-order valence-corrected chi connectivity index (χ0v) is 7.59. The van der Waals surface area contributed by atoms with Crippen LogP contribution in [0.25, 0.3) is 0 Å². The fourth-order valence-electron chi connectivity index (χ4n) is 1.57. The van der Waals surface area contributed by atoms with Crippen molar-refractivity contribution < 1.29 is 0 Å². The predicted molar refractivity (Wildman–Crippen MR) is 53.0 cm³/mol. The van der Waals surface area contributed by atoms with E-state index in [1.165, 1.54) is 16.9 Å². The summed E-state index contributed by atoms with van der Waals surface area (Å²) >= 11 is 0. The fraction of sp³-hybridized carbons (Fsp3) is 0.400. The van der Waals surface area contributed by atoms with Gasteiger partial charge in [0.1, 0.15) is 0 Å². The Morgan fingerprint density at radius 2 is 2.17 bits per heavy atom. The van der Waals surface area contributed by atoms with E-state index >= 15 is 0 Å². The number of fused-ring (bicyclic) bond motifs is 1. The first-order valence-electron chi connectivity index (χ1n) is 4.31. The van der Waals surface area contributed by atoms with Crippen LogP contribution >= 0.6 is 0 Å². The van der Waals surface area contributed by atoms with Gasteiger partial charge in [-0.05, 0) is 30.2 Å². The molecule has 1 aliphatic rings. The Balaban J connectivity index is 2.39. The summed E-state index contributed by atoms with van der Waals surface area (Å²) in [6.07, 6.45) is 1.16. The van der Waals surface area contributed by atoms with Crippen LogP contribution in [0, 0.1) is 0 Å². The zero-order chi connectivity index (χ0) is 8.55. The molecule has 0 saturated carbocycles. The van der Waals surface area contributed by atoms with Gasteiger partial charge in [-0.25, -0.2) is 0 Å². The van der Waals surface area contributed by atoms with Gasteiger partial charge in [0.05, 0.1) is 0 Å². The van der Waals surface area contributed by atoms with Gasteiger partial charge in [0.25, 0.3) is 0 Å². The highest BCUT2D eigenvalue weighted by atomic mass is 15.1. The number of nitrogens with zero attached hydrogens (tertiary/aromatic N) is 1. The van der Waals surface area contributed by atoms with E-state index in [0.717, 1.165) is 13.0 Å². The van der Waals surface area contributed by atoms with E-state index < -0.39 is 0 Å². The smallest absolute Gasteiger partial charge is 0.0375 e. The lowest BCUT2D eigenvalue weighted by atomic mass is 10.1. The van der Waals surface area contributed by atoms with Crippen LogP contribution < -0.4 is 10.2 Å². The van der Waals surface area contributed by atoms with Crippen molar-refractivity contribution in [3.8, 4) is 0 Å². The van der Waals surface area contributed by atoms with Crippen molar-refractivity contribution in [2.45, 2.75) is 6.42 Å². The minimum atomic E-state index is 1.09. The molecule has 1 N–H and O–H groups in total. The average Bonchev–Trinajstić information content (AvgIpc) is 2.49. The Labute approximate surface area is 73.2 Å². The normalized spacial score (nSPS) is 13.8. The number of benzene rings is 1. The molecule has 2 nitrogen and oxygen atoms in total. The Bertz CT molecular complexity index is 292. The second kappa shape index (κ2) is 2.70. The van der Waals surface area contributed by atoms with Crippen LogP contribution in [0.15, 0.2) is 18.2 Å². The molecule has 0 spiro atoms. The maximum Gasteiger partial charge on any atom is 0.0375 e. The molecular weight excluding hydrogens is 148 g/mol. The lowest BCUT2D eigenvalue weighted by Crippen LogP contribution is -2.08. The molecule has 0 aromatic heterocycles.